The predicted octanol–water partition coefficient (Wildman–Crippen LogP) is 2.38. The Hall–Kier alpha value is -1.45. The van der Waals surface area contributed by atoms with Crippen molar-refractivity contribution in [2.75, 3.05) is 7.11 Å². The number of fused-ring (bicyclic) bond motifs is 1. The summed E-state index contributed by atoms with van der Waals surface area (Å²) in [6.45, 7) is 0. The summed E-state index contributed by atoms with van der Waals surface area (Å²) in [7, 11) is 1.34. The molecule has 84 valence electrons. The van der Waals surface area contributed by atoms with Gasteiger partial charge in [-0.05, 0) is 31.2 Å². The first kappa shape index (κ1) is 11.0. The van der Waals surface area contributed by atoms with Gasteiger partial charge in [0.1, 0.15) is 10.6 Å². The maximum absolute atomic E-state index is 11.6. The Balaban J connectivity index is 2.56. The van der Waals surface area contributed by atoms with Crippen molar-refractivity contribution in [1.82, 2.24) is 0 Å². The lowest BCUT2D eigenvalue weighted by Gasteiger charge is -2.11. The van der Waals surface area contributed by atoms with Gasteiger partial charge in [-0.15, -0.1) is 11.3 Å². The largest absolute Gasteiger partial charge is 0.465 e. The van der Waals surface area contributed by atoms with E-state index in [9.17, 15) is 9.59 Å². The molecule has 2 rings (SSSR count). The molecule has 0 saturated carbocycles. The smallest absolute Gasteiger partial charge is 0.341 e. The molecule has 1 aliphatic carbocycles. The van der Waals surface area contributed by atoms with E-state index in [1.807, 2.05) is 0 Å². The maximum Gasteiger partial charge on any atom is 0.341 e. The molecule has 0 aromatic carbocycles. The normalized spacial score (nSPS) is 13.8. The Morgan fingerprint density at radius 3 is 2.88 bits per heavy atom. The summed E-state index contributed by atoms with van der Waals surface area (Å²) >= 11 is 1.40. The Morgan fingerprint density at radius 2 is 2.19 bits per heavy atom. The lowest BCUT2D eigenvalue weighted by atomic mass is 9.95. The van der Waals surface area contributed by atoms with E-state index >= 15 is 0 Å². The fraction of sp³-hybridized carbons (Fsp3) is 0.455. The molecule has 4 nitrogen and oxygen atoms in total. The Kier molecular flexibility index (Phi) is 3.17. The minimum atomic E-state index is -0.409. The molecule has 0 fully saturated rings. The monoisotopic (exact) mass is 237 g/mol. The van der Waals surface area contributed by atoms with Crippen LogP contribution in [0.1, 0.15) is 33.6 Å². The number of hydrogen-bond acceptors (Lipinski definition) is 5. The molecule has 1 aliphatic rings. The Morgan fingerprint density at radius 1 is 1.44 bits per heavy atom. The van der Waals surface area contributed by atoms with Crippen LogP contribution in [-0.2, 0) is 22.4 Å². The summed E-state index contributed by atoms with van der Waals surface area (Å²) in [6, 6.07) is 0. The van der Waals surface area contributed by atoms with Crippen molar-refractivity contribution in [1.29, 1.82) is 0 Å². The van der Waals surface area contributed by atoms with Crippen LogP contribution in [0.4, 0.5) is 5.00 Å². The first-order valence-electron chi connectivity index (χ1n) is 5.08. The van der Waals surface area contributed by atoms with Gasteiger partial charge in [0.2, 0.25) is 6.08 Å². The van der Waals surface area contributed by atoms with Gasteiger partial charge in [-0.2, -0.15) is 4.99 Å². The highest BCUT2D eigenvalue weighted by Gasteiger charge is 2.25. The van der Waals surface area contributed by atoms with Gasteiger partial charge in [-0.1, -0.05) is 0 Å². The molecule has 0 N–H and O–H groups in total. The number of esters is 1. The van der Waals surface area contributed by atoms with Crippen molar-refractivity contribution in [3.05, 3.63) is 16.0 Å². The number of methoxy groups -OCH3 is 1. The number of aliphatic imine (C=N–C) groups is 1. The van der Waals surface area contributed by atoms with Crippen LogP contribution < -0.4 is 0 Å². The molecular weight excluding hydrogens is 226 g/mol. The van der Waals surface area contributed by atoms with Crippen LogP contribution in [-0.4, -0.2) is 19.2 Å². The van der Waals surface area contributed by atoms with E-state index in [0.29, 0.717) is 10.6 Å². The fourth-order valence-electron chi connectivity index (χ4n) is 1.98. The summed E-state index contributed by atoms with van der Waals surface area (Å²) in [5.41, 5.74) is 1.47. The summed E-state index contributed by atoms with van der Waals surface area (Å²) < 4.78 is 4.73. The molecule has 16 heavy (non-hydrogen) atoms. The molecule has 0 atom stereocenters. The van der Waals surface area contributed by atoms with Crippen molar-refractivity contribution in [3.63, 3.8) is 0 Å². The van der Waals surface area contributed by atoms with Crippen LogP contribution in [0, 0.1) is 0 Å². The highest BCUT2D eigenvalue weighted by molar-refractivity contribution is 7.16. The third kappa shape index (κ3) is 1.79. The van der Waals surface area contributed by atoms with Gasteiger partial charge in [0.15, 0.2) is 0 Å². The molecule has 0 bridgehead atoms. The van der Waals surface area contributed by atoms with Crippen LogP contribution in [0.25, 0.3) is 0 Å². The Bertz CT molecular complexity index is 472. The fourth-order valence-corrected chi connectivity index (χ4v) is 3.18. The summed E-state index contributed by atoms with van der Waals surface area (Å²) in [5, 5.41) is 0.439. The van der Waals surface area contributed by atoms with Crippen LogP contribution in [0.3, 0.4) is 0 Å². The molecule has 1 aromatic rings. The van der Waals surface area contributed by atoms with E-state index in [2.05, 4.69) is 4.99 Å². The third-order valence-electron chi connectivity index (χ3n) is 2.69. The van der Waals surface area contributed by atoms with Crippen LogP contribution in [0.15, 0.2) is 4.99 Å². The molecule has 0 aliphatic heterocycles. The van der Waals surface area contributed by atoms with Gasteiger partial charge in [0, 0.05) is 4.88 Å². The summed E-state index contributed by atoms with van der Waals surface area (Å²) in [6.07, 6.45) is 5.50. The lowest BCUT2D eigenvalue weighted by molar-refractivity contribution is 0.0601. The second kappa shape index (κ2) is 4.60. The van der Waals surface area contributed by atoms with E-state index in [0.717, 1.165) is 36.1 Å². The highest BCUT2D eigenvalue weighted by atomic mass is 32.1. The molecule has 0 amide bonds. The molecule has 0 saturated heterocycles. The predicted molar refractivity (Wildman–Crippen MR) is 60.1 cm³/mol. The van der Waals surface area contributed by atoms with E-state index in [4.69, 9.17) is 4.74 Å². The SMILES string of the molecule is COC(=O)c1c(N=C=O)sc2c1CCCC2. The van der Waals surface area contributed by atoms with Crippen LogP contribution >= 0.6 is 11.3 Å². The van der Waals surface area contributed by atoms with Crippen molar-refractivity contribution in [2.45, 2.75) is 25.7 Å². The van der Waals surface area contributed by atoms with Gasteiger partial charge in [0.05, 0.1) is 7.11 Å². The molecule has 0 unspecified atom stereocenters. The van der Waals surface area contributed by atoms with E-state index in [1.54, 1.807) is 0 Å². The van der Waals surface area contributed by atoms with Crippen molar-refractivity contribution in [3.8, 4) is 0 Å². The average Bonchev–Trinajstić information content (AvgIpc) is 2.66. The molecule has 0 radical (unpaired) electrons. The maximum atomic E-state index is 11.6. The number of carbonyl (C=O) groups is 1. The van der Waals surface area contributed by atoms with Gasteiger partial charge >= 0.3 is 5.97 Å². The highest BCUT2D eigenvalue weighted by Crippen LogP contribution is 2.39. The van der Waals surface area contributed by atoms with Crippen LogP contribution in [0.2, 0.25) is 0 Å². The second-order valence-electron chi connectivity index (χ2n) is 3.59. The third-order valence-corrected chi connectivity index (χ3v) is 3.88. The summed E-state index contributed by atoms with van der Waals surface area (Å²) in [5.74, 6) is -0.409. The summed E-state index contributed by atoms with van der Waals surface area (Å²) in [4.78, 5) is 26.7. The molecule has 1 heterocycles. The lowest BCUT2D eigenvalue weighted by Crippen LogP contribution is -2.07. The van der Waals surface area contributed by atoms with Crippen molar-refractivity contribution < 1.29 is 14.3 Å². The number of nitrogens with zero attached hydrogens (tertiary/aromatic N) is 1. The number of hydrogen-bond donors (Lipinski definition) is 0. The minimum absolute atomic E-state index is 0.409. The van der Waals surface area contributed by atoms with Gasteiger partial charge in [-0.3, -0.25) is 0 Å². The number of carbonyl (C=O) groups excluding carboxylic acids is 2. The zero-order valence-electron chi connectivity index (χ0n) is 8.91. The first-order chi connectivity index (χ1) is 7.77. The van der Waals surface area contributed by atoms with Crippen molar-refractivity contribution in [2.24, 2.45) is 4.99 Å². The van der Waals surface area contributed by atoms with Gasteiger partial charge < -0.3 is 4.74 Å². The minimum Gasteiger partial charge on any atom is -0.465 e. The zero-order valence-corrected chi connectivity index (χ0v) is 9.73. The number of aryl methyl sites for hydroxylation is 1. The van der Waals surface area contributed by atoms with E-state index in [-0.39, 0.29) is 0 Å². The van der Waals surface area contributed by atoms with Gasteiger partial charge in [0.25, 0.3) is 0 Å². The van der Waals surface area contributed by atoms with E-state index < -0.39 is 5.97 Å². The number of thiophene rings is 1. The van der Waals surface area contributed by atoms with Gasteiger partial charge in [-0.25, -0.2) is 9.59 Å². The molecular formula is C11H11NO3S. The second-order valence-corrected chi connectivity index (χ2v) is 4.67. The van der Waals surface area contributed by atoms with Crippen LogP contribution in [0.5, 0.6) is 0 Å². The molecule has 1 aromatic heterocycles. The number of isocyanates is 1. The van der Waals surface area contributed by atoms with E-state index in [1.165, 1.54) is 24.5 Å². The average molecular weight is 237 g/mol. The van der Waals surface area contributed by atoms with Crippen molar-refractivity contribution >= 4 is 28.4 Å². The molecule has 5 heteroatoms. The standard InChI is InChI=1S/C11H11NO3S/c1-15-11(14)9-7-4-2-3-5-8(7)16-10(9)12-6-13/h2-5H2,1H3. The topological polar surface area (TPSA) is 55.7 Å². The first-order valence-corrected chi connectivity index (χ1v) is 5.90. The quantitative estimate of drug-likeness (QED) is 0.451. The number of ether oxygens (including phenoxy) is 1. The Labute approximate surface area is 97.0 Å². The number of rotatable bonds is 2. The molecule has 0 spiro atoms. The zero-order chi connectivity index (χ0) is 11.5.